The Labute approximate surface area is 148 Å². The van der Waals surface area contributed by atoms with E-state index in [1.165, 1.54) is 24.4 Å². The second-order valence-corrected chi connectivity index (χ2v) is 7.44. The zero-order valence-corrected chi connectivity index (χ0v) is 14.1. The molecule has 6 N–H and O–H groups in total. The van der Waals surface area contributed by atoms with E-state index in [0.29, 0.717) is 5.56 Å². The first-order valence-corrected chi connectivity index (χ1v) is 9.12. The van der Waals surface area contributed by atoms with Gasteiger partial charge in [-0.25, -0.2) is 18.2 Å². The Morgan fingerprint density at radius 2 is 1.92 bits per heavy atom. The standard InChI is InChI=1S/C14H18N4O7S/c15-26(23,24)8-3-1-2-7(4-8)9-5-18(17-16-9)14-13(22)12(21)11(20)10(6-19)25-14/h1-5,10-14,19-22H,6H2,(H2,15,23,24)/t10-,11-,12+,13-,14-/m1/s1. The van der Waals surface area contributed by atoms with Crippen molar-refractivity contribution in [2.75, 3.05) is 6.61 Å². The number of nitrogens with zero attached hydrogens (tertiary/aromatic N) is 3. The number of benzene rings is 1. The highest BCUT2D eigenvalue weighted by Gasteiger charge is 2.44. The molecule has 1 aromatic carbocycles. The van der Waals surface area contributed by atoms with Gasteiger partial charge in [0.2, 0.25) is 10.0 Å². The molecule has 5 atom stereocenters. The highest BCUT2D eigenvalue weighted by atomic mass is 32.2. The maximum atomic E-state index is 11.5. The van der Waals surface area contributed by atoms with E-state index < -0.39 is 47.3 Å². The van der Waals surface area contributed by atoms with Gasteiger partial charge in [0.25, 0.3) is 0 Å². The quantitative estimate of drug-likeness (QED) is 0.381. The molecule has 12 heteroatoms. The normalized spacial score (nSPS) is 29.7. The number of rotatable bonds is 4. The van der Waals surface area contributed by atoms with E-state index in [2.05, 4.69) is 10.3 Å². The topological polar surface area (TPSA) is 181 Å². The minimum absolute atomic E-state index is 0.0996. The molecule has 1 aromatic heterocycles. The predicted molar refractivity (Wildman–Crippen MR) is 85.8 cm³/mol. The van der Waals surface area contributed by atoms with Crippen molar-refractivity contribution >= 4 is 10.0 Å². The summed E-state index contributed by atoms with van der Waals surface area (Å²) in [5, 5.41) is 51.8. The van der Waals surface area contributed by atoms with Crippen molar-refractivity contribution in [2.24, 2.45) is 5.14 Å². The number of hydrogen-bond acceptors (Lipinski definition) is 9. The molecule has 3 rings (SSSR count). The maximum Gasteiger partial charge on any atom is 0.238 e. The molecule has 142 valence electrons. The SMILES string of the molecule is NS(=O)(=O)c1cccc(-c2cn([C@@H]3O[C@H](CO)[C@@H](O)[C@H](O)[C@H]3O)nn2)c1. The van der Waals surface area contributed by atoms with Crippen LogP contribution in [0.2, 0.25) is 0 Å². The molecule has 1 fully saturated rings. The fourth-order valence-corrected chi connectivity index (χ4v) is 3.23. The second-order valence-electron chi connectivity index (χ2n) is 5.88. The van der Waals surface area contributed by atoms with Crippen molar-refractivity contribution in [1.82, 2.24) is 15.0 Å². The van der Waals surface area contributed by atoms with Crippen LogP contribution in [0.4, 0.5) is 0 Å². The maximum absolute atomic E-state index is 11.5. The molecule has 0 radical (unpaired) electrons. The summed E-state index contributed by atoms with van der Waals surface area (Å²) in [6.07, 6.45) is -5.47. The molecule has 0 aliphatic carbocycles. The number of aromatic nitrogens is 3. The van der Waals surface area contributed by atoms with Crippen LogP contribution in [-0.4, -0.2) is 74.9 Å². The smallest absolute Gasteiger partial charge is 0.238 e. The van der Waals surface area contributed by atoms with Gasteiger partial charge in [0.15, 0.2) is 6.23 Å². The summed E-state index contributed by atoms with van der Waals surface area (Å²) in [7, 11) is -3.89. The third-order valence-electron chi connectivity index (χ3n) is 4.10. The molecule has 11 nitrogen and oxygen atoms in total. The minimum Gasteiger partial charge on any atom is -0.394 e. The summed E-state index contributed by atoms with van der Waals surface area (Å²) in [6, 6.07) is 5.73. The monoisotopic (exact) mass is 386 g/mol. The predicted octanol–water partition coefficient (Wildman–Crippen LogP) is -2.44. The zero-order chi connectivity index (χ0) is 19.1. The lowest BCUT2D eigenvalue weighted by Crippen LogP contribution is -2.56. The van der Waals surface area contributed by atoms with Crippen LogP contribution in [0.5, 0.6) is 0 Å². The van der Waals surface area contributed by atoms with Crippen LogP contribution >= 0.6 is 0 Å². The van der Waals surface area contributed by atoms with E-state index in [9.17, 15) is 28.8 Å². The van der Waals surface area contributed by atoms with Gasteiger partial charge in [-0.15, -0.1) is 5.10 Å². The first kappa shape index (κ1) is 18.8. The number of sulfonamides is 1. The molecule has 0 spiro atoms. The van der Waals surface area contributed by atoms with Gasteiger partial charge >= 0.3 is 0 Å². The summed E-state index contributed by atoms with van der Waals surface area (Å²) in [5.74, 6) is 0. The summed E-state index contributed by atoms with van der Waals surface area (Å²) in [6.45, 7) is -0.570. The first-order chi connectivity index (χ1) is 12.2. The number of ether oxygens (including phenoxy) is 1. The van der Waals surface area contributed by atoms with Crippen molar-refractivity contribution in [3.05, 3.63) is 30.5 Å². The van der Waals surface area contributed by atoms with Gasteiger partial charge in [0.05, 0.1) is 17.7 Å². The molecule has 0 amide bonds. The summed E-state index contributed by atoms with van der Waals surface area (Å²) in [5.41, 5.74) is 0.680. The fraction of sp³-hybridized carbons (Fsp3) is 0.429. The second kappa shape index (κ2) is 7.00. The third-order valence-corrected chi connectivity index (χ3v) is 5.01. The fourth-order valence-electron chi connectivity index (χ4n) is 2.67. The van der Waals surface area contributed by atoms with Crippen LogP contribution < -0.4 is 5.14 Å². The van der Waals surface area contributed by atoms with E-state index in [1.54, 1.807) is 6.07 Å². The average Bonchev–Trinajstić information content (AvgIpc) is 3.09. The molecule has 0 bridgehead atoms. The Morgan fingerprint density at radius 3 is 2.58 bits per heavy atom. The van der Waals surface area contributed by atoms with Crippen molar-refractivity contribution in [3.8, 4) is 11.3 Å². The van der Waals surface area contributed by atoms with Crippen LogP contribution in [0.3, 0.4) is 0 Å². The Hall–Kier alpha value is -1.93. The van der Waals surface area contributed by atoms with Crippen molar-refractivity contribution in [3.63, 3.8) is 0 Å². The van der Waals surface area contributed by atoms with Gasteiger partial charge in [-0.1, -0.05) is 17.3 Å². The minimum atomic E-state index is -3.89. The third kappa shape index (κ3) is 3.48. The molecule has 1 aliphatic heterocycles. The van der Waals surface area contributed by atoms with Gasteiger partial charge in [-0.2, -0.15) is 0 Å². The van der Waals surface area contributed by atoms with Gasteiger partial charge in [0, 0.05) is 5.56 Å². The Kier molecular flexibility index (Phi) is 5.07. The lowest BCUT2D eigenvalue weighted by atomic mass is 9.98. The lowest BCUT2D eigenvalue weighted by molar-refractivity contribution is -0.254. The largest absolute Gasteiger partial charge is 0.394 e. The molecule has 26 heavy (non-hydrogen) atoms. The van der Waals surface area contributed by atoms with E-state index in [0.717, 1.165) is 4.68 Å². The number of hydrogen-bond donors (Lipinski definition) is 5. The molecule has 1 aliphatic rings. The highest BCUT2D eigenvalue weighted by molar-refractivity contribution is 7.89. The lowest BCUT2D eigenvalue weighted by Gasteiger charge is -2.39. The van der Waals surface area contributed by atoms with Crippen LogP contribution in [0.15, 0.2) is 35.4 Å². The molecule has 1 saturated heterocycles. The van der Waals surface area contributed by atoms with Crippen LogP contribution in [0, 0.1) is 0 Å². The Morgan fingerprint density at radius 1 is 1.19 bits per heavy atom. The van der Waals surface area contributed by atoms with E-state index in [-0.39, 0.29) is 10.6 Å². The van der Waals surface area contributed by atoms with Crippen LogP contribution in [0.25, 0.3) is 11.3 Å². The molecular weight excluding hydrogens is 368 g/mol. The van der Waals surface area contributed by atoms with Gasteiger partial charge in [-0.3, -0.25) is 0 Å². The van der Waals surface area contributed by atoms with Gasteiger partial charge < -0.3 is 25.2 Å². The molecular formula is C14H18N4O7S. The average molecular weight is 386 g/mol. The Bertz CT molecular complexity index is 885. The molecule has 0 unspecified atom stereocenters. The Balaban J connectivity index is 1.90. The molecule has 2 heterocycles. The highest BCUT2D eigenvalue weighted by Crippen LogP contribution is 2.29. The zero-order valence-electron chi connectivity index (χ0n) is 13.3. The van der Waals surface area contributed by atoms with Gasteiger partial charge in [0.1, 0.15) is 30.1 Å². The van der Waals surface area contributed by atoms with E-state index in [1.807, 2.05) is 0 Å². The molecule has 2 aromatic rings. The summed E-state index contributed by atoms with van der Waals surface area (Å²) >= 11 is 0. The van der Waals surface area contributed by atoms with Crippen molar-refractivity contribution in [2.45, 2.75) is 35.5 Å². The number of nitrogens with two attached hydrogens (primary N) is 1. The summed E-state index contributed by atoms with van der Waals surface area (Å²) in [4.78, 5) is -0.0996. The molecule has 0 saturated carbocycles. The van der Waals surface area contributed by atoms with Crippen molar-refractivity contribution < 1.29 is 33.6 Å². The number of aliphatic hydroxyl groups is 4. The van der Waals surface area contributed by atoms with Gasteiger partial charge in [-0.05, 0) is 12.1 Å². The number of primary sulfonamides is 1. The van der Waals surface area contributed by atoms with Crippen LogP contribution in [0.1, 0.15) is 6.23 Å². The first-order valence-electron chi connectivity index (χ1n) is 7.58. The van der Waals surface area contributed by atoms with Crippen LogP contribution in [-0.2, 0) is 14.8 Å². The number of aliphatic hydroxyl groups excluding tert-OH is 4. The summed E-state index contributed by atoms with van der Waals surface area (Å²) < 4.78 is 29.4. The van der Waals surface area contributed by atoms with E-state index in [4.69, 9.17) is 9.88 Å². The van der Waals surface area contributed by atoms with Crippen molar-refractivity contribution in [1.29, 1.82) is 0 Å². The van der Waals surface area contributed by atoms with E-state index >= 15 is 0 Å².